The number of carbonyl (C=O) groups excluding carboxylic acids is 1. The molecular formula is C15H28N2O. The Morgan fingerprint density at radius 1 is 1.28 bits per heavy atom. The summed E-state index contributed by atoms with van der Waals surface area (Å²) in [4.78, 5) is 14.4. The molecule has 3 heteroatoms. The van der Waals surface area contributed by atoms with Crippen molar-refractivity contribution in [2.75, 3.05) is 19.6 Å². The monoisotopic (exact) mass is 252 g/mol. The second-order valence-corrected chi connectivity index (χ2v) is 6.44. The molecule has 1 heterocycles. The third-order valence-corrected chi connectivity index (χ3v) is 4.10. The highest BCUT2D eigenvalue weighted by Gasteiger charge is 2.27. The van der Waals surface area contributed by atoms with E-state index in [2.05, 4.69) is 24.1 Å². The molecule has 0 spiro atoms. The van der Waals surface area contributed by atoms with Crippen LogP contribution in [0.25, 0.3) is 0 Å². The largest absolute Gasteiger partial charge is 0.339 e. The highest BCUT2D eigenvalue weighted by atomic mass is 16.2. The van der Waals surface area contributed by atoms with Crippen LogP contribution in [0, 0.1) is 11.8 Å². The van der Waals surface area contributed by atoms with Crippen LogP contribution in [0.4, 0.5) is 0 Å². The van der Waals surface area contributed by atoms with Crippen molar-refractivity contribution in [2.24, 2.45) is 11.8 Å². The van der Waals surface area contributed by atoms with Crippen LogP contribution in [0.3, 0.4) is 0 Å². The third kappa shape index (κ3) is 4.27. The topological polar surface area (TPSA) is 32.3 Å². The molecule has 2 aliphatic rings. The van der Waals surface area contributed by atoms with Crippen LogP contribution >= 0.6 is 0 Å². The van der Waals surface area contributed by atoms with Crippen molar-refractivity contribution in [1.29, 1.82) is 0 Å². The van der Waals surface area contributed by atoms with E-state index in [4.69, 9.17) is 0 Å². The van der Waals surface area contributed by atoms with E-state index in [0.717, 1.165) is 25.4 Å². The number of nitrogens with one attached hydrogen (secondary N) is 1. The lowest BCUT2D eigenvalue weighted by atomic mass is 9.94. The normalized spacial score (nSPS) is 24.6. The first kappa shape index (κ1) is 13.9. The average molecular weight is 252 g/mol. The Bertz CT molecular complexity index is 274. The van der Waals surface area contributed by atoms with E-state index in [9.17, 15) is 4.79 Å². The van der Waals surface area contributed by atoms with E-state index in [1.807, 2.05) is 0 Å². The SMILES string of the molecule is CC(C)CC1CCCCN1C(=O)CNCC1CC1. The van der Waals surface area contributed by atoms with Gasteiger partial charge in [0, 0.05) is 12.6 Å². The Labute approximate surface area is 111 Å². The molecule has 1 amide bonds. The minimum atomic E-state index is 0.320. The summed E-state index contributed by atoms with van der Waals surface area (Å²) in [6.45, 7) is 7.06. The van der Waals surface area contributed by atoms with E-state index in [1.54, 1.807) is 0 Å². The molecule has 1 saturated heterocycles. The summed E-state index contributed by atoms with van der Waals surface area (Å²) in [5, 5.41) is 3.33. The minimum Gasteiger partial charge on any atom is -0.339 e. The molecule has 1 atom stereocenters. The fraction of sp³-hybridized carbons (Fsp3) is 0.933. The van der Waals surface area contributed by atoms with E-state index >= 15 is 0 Å². The molecule has 1 aliphatic carbocycles. The molecule has 0 radical (unpaired) electrons. The number of nitrogens with zero attached hydrogens (tertiary/aromatic N) is 1. The van der Waals surface area contributed by atoms with Gasteiger partial charge < -0.3 is 10.2 Å². The van der Waals surface area contributed by atoms with Gasteiger partial charge in [-0.3, -0.25) is 4.79 Å². The molecule has 3 nitrogen and oxygen atoms in total. The van der Waals surface area contributed by atoms with E-state index < -0.39 is 0 Å². The van der Waals surface area contributed by atoms with Crippen LogP contribution in [0.15, 0.2) is 0 Å². The predicted molar refractivity (Wildman–Crippen MR) is 74.4 cm³/mol. The number of likely N-dealkylation sites (tertiary alicyclic amines) is 1. The van der Waals surface area contributed by atoms with Crippen LogP contribution in [0.2, 0.25) is 0 Å². The Hall–Kier alpha value is -0.570. The third-order valence-electron chi connectivity index (χ3n) is 4.10. The number of amides is 1. The zero-order chi connectivity index (χ0) is 13.0. The maximum absolute atomic E-state index is 12.3. The van der Waals surface area contributed by atoms with Crippen molar-refractivity contribution in [1.82, 2.24) is 10.2 Å². The van der Waals surface area contributed by atoms with E-state index in [-0.39, 0.29) is 0 Å². The molecule has 2 fully saturated rings. The van der Waals surface area contributed by atoms with Gasteiger partial charge in [-0.05, 0) is 56.9 Å². The standard InChI is InChI=1S/C15H28N2O/c1-12(2)9-14-5-3-4-8-17(14)15(18)11-16-10-13-6-7-13/h12-14,16H,3-11H2,1-2H3. The lowest BCUT2D eigenvalue weighted by Crippen LogP contribution is -2.47. The number of piperidine rings is 1. The van der Waals surface area contributed by atoms with Gasteiger partial charge in [0.2, 0.25) is 5.91 Å². The van der Waals surface area contributed by atoms with Gasteiger partial charge in [-0.2, -0.15) is 0 Å². The second-order valence-electron chi connectivity index (χ2n) is 6.44. The summed E-state index contributed by atoms with van der Waals surface area (Å²) in [5.74, 6) is 1.86. The Balaban J connectivity index is 1.76. The molecule has 0 bridgehead atoms. The molecule has 1 unspecified atom stereocenters. The number of rotatable bonds is 6. The highest BCUT2D eigenvalue weighted by Crippen LogP contribution is 2.27. The second kappa shape index (κ2) is 6.55. The quantitative estimate of drug-likeness (QED) is 0.787. The first-order valence-electron chi connectivity index (χ1n) is 7.67. The van der Waals surface area contributed by atoms with Gasteiger partial charge in [0.25, 0.3) is 0 Å². The van der Waals surface area contributed by atoms with Crippen LogP contribution in [0.1, 0.15) is 52.4 Å². The Morgan fingerprint density at radius 2 is 2.06 bits per heavy atom. The van der Waals surface area contributed by atoms with Crippen molar-refractivity contribution in [3.8, 4) is 0 Å². The van der Waals surface area contributed by atoms with Gasteiger partial charge in [-0.1, -0.05) is 13.8 Å². The molecule has 104 valence electrons. The average Bonchev–Trinajstić information content (AvgIpc) is 3.13. The molecule has 1 aliphatic heterocycles. The summed E-state index contributed by atoms with van der Waals surface area (Å²) in [6, 6.07) is 0.494. The van der Waals surface area contributed by atoms with Gasteiger partial charge >= 0.3 is 0 Å². The summed E-state index contributed by atoms with van der Waals surface area (Å²) in [5.41, 5.74) is 0. The number of hydrogen-bond donors (Lipinski definition) is 1. The van der Waals surface area contributed by atoms with Gasteiger partial charge in [-0.25, -0.2) is 0 Å². The van der Waals surface area contributed by atoms with Crippen molar-refractivity contribution >= 4 is 5.91 Å². The van der Waals surface area contributed by atoms with Crippen molar-refractivity contribution in [3.63, 3.8) is 0 Å². The van der Waals surface area contributed by atoms with Crippen LogP contribution < -0.4 is 5.32 Å². The fourth-order valence-corrected chi connectivity index (χ4v) is 2.92. The minimum absolute atomic E-state index is 0.320. The first-order valence-corrected chi connectivity index (χ1v) is 7.67. The first-order chi connectivity index (χ1) is 8.66. The molecule has 0 aromatic carbocycles. The van der Waals surface area contributed by atoms with Crippen LogP contribution in [0.5, 0.6) is 0 Å². The molecule has 1 saturated carbocycles. The van der Waals surface area contributed by atoms with Crippen molar-refractivity contribution < 1.29 is 4.79 Å². The van der Waals surface area contributed by atoms with E-state index in [0.29, 0.717) is 24.4 Å². The van der Waals surface area contributed by atoms with Crippen LogP contribution in [-0.4, -0.2) is 36.5 Å². The number of carbonyl (C=O) groups is 1. The smallest absolute Gasteiger partial charge is 0.236 e. The van der Waals surface area contributed by atoms with Gasteiger partial charge in [0.1, 0.15) is 0 Å². The van der Waals surface area contributed by atoms with Crippen LogP contribution in [-0.2, 0) is 4.79 Å². The maximum atomic E-state index is 12.3. The fourth-order valence-electron chi connectivity index (χ4n) is 2.92. The molecule has 18 heavy (non-hydrogen) atoms. The van der Waals surface area contributed by atoms with Gasteiger partial charge in [-0.15, -0.1) is 0 Å². The van der Waals surface area contributed by atoms with Crippen molar-refractivity contribution in [2.45, 2.75) is 58.4 Å². The summed E-state index contributed by atoms with van der Waals surface area (Å²) in [7, 11) is 0. The zero-order valence-corrected chi connectivity index (χ0v) is 12.0. The molecule has 0 aromatic rings. The predicted octanol–water partition coefficient (Wildman–Crippen LogP) is 2.41. The maximum Gasteiger partial charge on any atom is 0.236 e. The summed E-state index contributed by atoms with van der Waals surface area (Å²) in [6.07, 6.45) is 7.53. The molecule has 2 rings (SSSR count). The summed E-state index contributed by atoms with van der Waals surface area (Å²) < 4.78 is 0. The Morgan fingerprint density at radius 3 is 2.72 bits per heavy atom. The lowest BCUT2D eigenvalue weighted by Gasteiger charge is -2.37. The van der Waals surface area contributed by atoms with Gasteiger partial charge in [0.15, 0.2) is 0 Å². The van der Waals surface area contributed by atoms with E-state index in [1.165, 1.54) is 32.1 Å². The van der Waals surface area contributed by atoms with Crippen molar-refractivity contribution in [3.05, 3.63) is 0 Å². The zero-order valence-electron chi connectivity index (χ0n) is 12.0. The lowest BCUT2D eigenvalue weighted by molar-refractivity contribution is -0.134. The molecular weight excluding hydrogens is 224 g/mol. The molecule has 1 N–H and O–H groups in total. The van der Waals surface area contributed by atoms with Gasteiger partial charge in [0.05, 0.1) is 6.54 Å². The number of hydrogen-bond acceptors (Lipinski definition) is 2. The molecule has 0 aromatic heterocycles. The Kier molecular flexibility index (Phi) is 5.04. The highest BCUT2D eigenvalue weighted by molar-refractivity contribution is 5.78. The summed E-state index contributed by atoms with van der Waals surface area (Å²) >= 11 is 0.